The third-order valence-electron chi connectivity index (χ3n) is 5.45. The van der Waals surface area contributed by atoms with E-state index in [1.165, 1.54) is 51.6 Å². The van der Waals surface area contributed by atoms with Crippen LogP contribution in [0.4, 0.5) is 0 Å². The van der Waals surface area contributed by atoms with Crippen LogP contribution < -0.4 is 5.32 Å². The van der Waals surface area contributed by atoms with Crippen LogP contribution in [-0.4, -0.2) is 47.8 Å². The van der Waals surface area contributed by atoms with Crippen molar-refractivity contribution < 1.29 is 5.11 Å². The highest BCUT2D eigenvalue weighted by molar-refractivity contribution is 4.90. The van der Waals surface area contributed by atoms with Gasteiger partial charge in [0, 0.05) is 11.6 Å². The minimum atomic E-state index is -0.0816. The van der Waals surface area contributed by atoms with Crippen LogP contribution in [0.1, 0.15) is 65.2 Å². The van der Waals surface area contributed by atoms with Gasteiger partial charge in [-0.15, -0.1) is 0 Å². The first-order valence-corrected chi connectivity index (χ1v) is 8.78. The largest absolute Gasteiger partial charge is 0.394 e. The van der Waals surface area contributed by atoms with Crippen LogP contribution in [0.5, 0.6) is 0 Å². The quantitative estimate of drug-likeness (QED) is 0.718. The van der Waals surface area contributed by atoms with Gasteiger partial charge in [-0.05, 0) is 71.0 Å². The summed E-state index contributed by atoms with van der Waals surface area (Å²) in [6, 6.07) is 0.882. The molecule has 1 saturated heterocycles. The van der Waals surface area contributed by atoms with Crippen LogP contribution in [0.3, 0.4) is 0 Å². The van der Waals surface area contributed by atoms with Gasteiger partial charge in [-0.1, -0.05) is 19.8 Å². The second-order valence-corrected chi connectivity index (χ2v) is 7.19. The van der Waals surface area contributed by atoms with Gasteiger partial charge in [0.05, 0.1) is 6.61 Å². The first-order chi connectivity index (χ1) is 9.68. The maximum atomic E-state index is 9.62. The van der Waals surface area contributed by atoms with Gasteiger partial charge in [0.25, 0.3) is 0 Å². The molecule has 2 N–H and O–H groups in total. The predicted octanol–water partition coefficient (Wildman–Crippen LogP) is 2.78. The van der Waals surface area contributed by atoms with Crippen molar-refractivity contribution in [2.45, 2.75) is 76.8 Å². The second-order valence-electron chi connectivity index (χ2n) is 7.19. The van der Waals surface area contributed by atoms with Crippen LogP contribution >= 0.6 is 0 Å². The number of aliphatic hydroxyl groups excluding tert-OH is 1. The summed E-state index contributed by atoms with van der Waals surface area (Å²) in [6.07, 6.45) is 10.6. The van der Waals surface area contributed by atoms with E-state index in [1.54, 1.807) is 0 Å². The van der Waals surface area contributed by atoms with Gasteiger partial charge in [-0.25, -0.2) is 0 Å². The van der Waals surface area contributed by atoms with Gasteiger partial charge in [-0.3, -0.25) is 0 Å². The summed E-state index contributed by atoms with van der Waals surface area (Å²) in [7, 11) is 0. The zero-order chi connectivity index (χ0) is 14.4. The Kier molecular flexibility index (Phi) is 6.31. The third-order valence-corrected chi connectivity index (χ3v) is 5.45. The number of rotatable bonds is 8. The lowest BCUT2D eigenvalue weighted by Gasteiger charge is -2.33. The summed E-state index contributed by atoms with van der Waals surface area (Å²) in [5.74, 6) is 0.992. The molecule has 2 fully saturated rings. The maximum absolute atomic E-state index is 9.62. The summed E-state index contributed by atoms with van der Waals surface area (Å²) in [4.78, 5) is 2.74. The number of nitrogens with zero attached hydrogens (tertiary/aromatic N) is 1. The smallest absolute Gasteiger partial charge is 0.0610 e. The third kappa shape index (κ3) is 4.19. The molecule has 0 aromatic rings. The number of likely N-dealkylation sites (tertiary alicyclic amines) is 1. The summed E-state index contributed by atoms with van der Waals surface area (Å²) < 4.78 is 0. The zero-order valence-electron chi connectivity index (χ0n) is 13.5. The Morgan fingerprint density at radius 1 is 1.25 bits per heavy atom. The standard InChI is InChI=1S/C17H34N2O/c1-3-11-18-17(2,14-20)10-6-12-19-13-9-15-7-4-5-8-16(15)19/h15-16,18,20H,3-14H2,1-2H3. The van der Waals surface area contributed by atoms with Crippen molar-refractivity contribution in [2.75, 3.05) is 26.2 Å². The van der Waals surface area contributed by atoms with Gasteiger partial charge in [0.2, 0.25) is 0 Å². The number of nitrogens with one attached hydrogen (secondary N) is 1. The van der Waals surface area contributed by atoms with Crippen molar-refractivity contribution in [3.63, 3.8) is 0 Å². The predicted molar refractivity (Wildman–Crippen MR) is 85.0 cm³/mol. The lowest BCUT2D eigenvalue weighted by molar-refractivity contribution is 0.145. The van der Waals surface area contributed by atoms with Crippen molar-refractivity contribution in [1.82, 2.24) is 10.2 Å². The molecule has 0 bridgehead atoms. The average molecular weight is 282 g/mol. The van der Waals surface area contributed by atoms with Crippen molar-refractivity contribution in [2.24, 2.45) is 5.92 Å². The van der Waals surface area contributed by atoms with E-state index in [9.17, 15) is 5.11 Å². The number of aliphatic hydroxyl groups is 1. The van der Waals surface area contributed by atoms with Crippen LogP contribution in [0.25, 0.3) is 0 Å². The molecule has 0 aromatic carbocycles. The van der Waals surface area contributed by atoms with E-state index in [0.29, 0.717) is 0 Å². The Labute approximate surface area is 125 Å². The van der Waals surface area contributed by atoms with E-state index in [2.05, 4.69) is 24.1 Å². The van der Waals surface area contributed by atoms with Crippen LogP contribution in [0.15, 0.2) is 0 Å². The number of fused-ring (bicyclic) bond motifs is 1. The molecule has 3 nitrogen and oxygen atoms in total. The molecule has 1 saturated carbocycles. The Morgan fingerprint density at radius 2 is 2.05 bits per heavy atom. The van der Waals surface area contributed by atoms with Gasteiger partial charge < -0.3 is 15.3 Å². The molecular weight excluding hydrogens is 248 g/mol. The highest BCUT2D eigenvalue weighted by Crippen LogP contribution is 2.36. The molecule has 1 heterocycles. The Balaban J connectivity index is 1.72. The molecule has 0 aromatic heterocycles. The molecule has 118 valence electrons. The molecule has 3 heteroatoms. The van der Waals surface area contributed by atoms with Gasteiger partial charge >= 0.3 is 0 Å². The summed E-state index contributed by atoms with van der Waals surface area (Å²) in [5.41, 5.74) is -0.0816. The summed E-state index contributed by atoms with van der Waals surface area (Å²) >= 11 is 0. The van der Waals surface area contributed by atoms with E-state index < -0.39 is 0 Å². The van der Waals surface area contributed by atoms with Crippen molar-refractivity contribution in [1.29, 1.82) is 0 Å². The fraction of sp³-hybridized carbons (Fsp3) is 1.00. The molecule has 0 amide bonds. The first-order valence-electron chi connectivity index (χ1n) is 8.78. The van der Waals surface area contributed by atoms with E-state index in [1.807, 2.05) is 0 Å². The fourth-order valence-corrected chi connectivity index (χ4v) is 4.10. The van der Waals surface area contributed by atoms with Crippen molar-refractivity contribution in [3.8, 4) is 0 Å². The molecule has 0 radical (unpaired) electrons. The Hall–Kier alpha value is -0.120. The Bertz CT molecular complexity index is 284. The first kappa shape index (κ1) is 16.3. The molecular formula is C17H34N2O. The van der Waals surface area contributed by atoms with Gasteiger partial charge in [0.1, 0.15) is 0 Å². The molecule has 3 atom stereocenters. The molecule has 1 aliphatic carbocycles. The minimum Gasteiger partial charge on any atom is -0.394 e. The molecule has 20 heavy (non-hydrogen) atoms. The van der Waals surface area contributed by atoms with Gasteiger partial charge in [0.15, 0.2) is 0 Å². The average Bonchev–Trinajstić information content (AvgIpc) is 2.89. The molecule has 2 rings (SSSR count). The Morgan fingerprint density at radius 3 is 2.80 bits per heavy atom. The van der Waals surface area contributed by atoms with Gasteiger partial charge in [-0.2, -0.15) is 0 Å². The molecule has 0 spiro atoms. The fourth-order valence-electron chi connectivity index (χ4n) is 4.10. The number of hydrogen-bond donors (Lipinski definition) is 2. The van der Waals surface area contributed by atoms with E-state index in [0.717, 1.165) is 31.3 Å². The summed E-state index contributed by atoms with van der Waals surface area (Å²) in [6.45, 7) is 8.14. The van der Waals surface area contributed by atoms with Crippen LogP contribution in [-0.2, 0) is 0 Å². The van der Waals surface area contributed by atoms with Crippen molar-refractivity contribution in [3.05, 3.63) is 0 Å². The molecule has 3 unspecified atom stereocenters. The zero-order valence-corrected chi connectivity index (χ0v) is 13.5. The van der Waals surface area contributed by atoms with Crippen LogP contribution in [0, 0.1) is 5.92 Å². The monoisotopic (exact) mass is 282 g/mol. The van der Waals surface area contributed by atoms with E-state index in [4.69, 9.17) is 0 Å². The summed E-state index contributed by atoms with van der Waals surface area (Å²) in [5, 5.41) is 13.1. The highest BCUT2D eigenvalue weighted by atomic mass is 16.3. The molecule has 1 aliphatic heterocycles. The number of hydrogen-bond acceptors (Lipinski definition) is 3. The lowest BCUT2D eigenvalue weighted by Crippen LogP contribution is -2.46. The van der Waals surface area contributed by atoms with E-state index in [-0.39, 0.29) is 12.1 Å². The lowest BCUT2D eigenvalue weighted by atomic mass is 9.85. The molecule has 2 aliphatic rings. The highest BCUT2D eigenvalue weighted by Gasteiger charge is 2.35. The topological polar surface area (TPSA) is 35.5 Å². The second kappa shape index (κ2) is 7.77. The van der Waals surface area contributed by atoms with E-state index >= 15 is 0 Å². The van der Waals surface area contributed by atoms with Crippen LogP contribution in [0.2, 0.25) is 0 Å². The maximum Gasteiger partial charge on any atom is 0.0610 e. The normalized spacial score (nSPS) is 30.1. The minimum absolute atomic E-state index is 0.0816. The SMILES string of the molecule is CCCNC(C)(CO)CCCN1CCC2CCCCC21. The van der Waals surface area contributed by atoms with Crippen molar-refractivity contribution >= 4 is 0 Å².